The summed E-state index contributed by atoms with van der Waals surface area (Å²) in [4.78, 5) is 0. The van der Waals surface area contributed by atoms with Gasteiger partial charge in [0.2, 0.25) is 0 Å². The van der Waals surface area contributed by atoms with Crippen molar-refractivity contribution in [2.24, 2.45) is 0 Å². The molecule has 3 aromatic rings. The van der Waals surface area contributed by atoms with Gasteiger partial charge in [-0.1, -0.05) is 60.7 Å². The van der Waals surface area contributed by atoms with E-state index in [0.29, 0.717) is 12.0 Å². The predicted octanol–water partition coefficient (Wildman–Crippen LogP) is 5.21. The quantitative estimate of drug-likeness (QED) is 0.715. The molecule has 0 aliphatic carbocycles. The van der Waals surface area contributed by atoms with Crippen molar-refractivity contribution in [3.05, 3.63) is 83.9 Å². The van der Waals surface area contributed by atoms with Crippen molar-refractivity contribution >= 4 is 0 Å². The monoisotopic (exact) mass is 327 g/mol. The second-order valence-corrected chi connectivity index (χ2v) is 6.88. The van der Waals surface area contributed by atoms with Crippen LogP contribution in [0.4, 0.5) is 0 Å². The van der Waals surface area contributed by atoms with Crippen LogP contribution in [0, 0.1) is 11.3 Å². The highest BCUT2D eigenvalue weighted by Crippen LogP contribution is 2.35. The molecule has 0 saturated heterocycles. The van der Waals surface area contributed by atoms with Gasteiger partial charge < -0.3 is 5.11 Å². The van der Waals surface area contributed by atoms with Crippen LogP contribution in [0.25, 0.3) is 22.3 Å². The zero-order valence-corrected chi connectivity index (χ0v) is 14.5. The van der Waals surface area contributed by atoms with E-state index in [4.69, 9.17) is 0 Å². The molecule has 0 radical (unpaired) electrons. The van der Waals surface area contributed by atoms with Crippen LogP contribution < -0.4 is 0 Å². The van der Waals surface area contributed by atoms with Crippen LogP contribution in [0.1, 0.15) is 25.0 Å². The van der Waals surface area contributed by atoms with Crippen molar-refractivity contribution < 1.29 is 5.11 Å². The molecular formula is C23H21NO. The lowest BCUT2D eigenvalue weighted by Crippen LogP contribution is -2.22. The first-order valence-corrected chi connectivity index (χ1v) is 8.38. The Balaban J connectivity index is 2.19. The van der Waals surface area contributed by atoms with Crippen molar-refractivity contribution in [3.63, 3.8) is 0 Å². The zero-order valence-electron chi connectivity index (χ0n) is 14.5. The summed E-state index contributed by atoms with van der Waals surface area (Å²) in [5.74, 6) is 0. The van der Waals surface area contributed by atoms with E-state index in [9.17, 15) is 10.4 Å². The van der Waals surface area contributed by atoms with Crippen LogP contribution in [-0.2, 0) is 6.42 Å². The van der Waals surface area contributed by atoms with Gasteiger partial charge in [-0.15, -0.1) is 0 Å². The summed E-state index contributed by atoms with van der Waals surface area (Å²) >= 11 is 0. The molecule has 0 saturated carbocycles. The van der Waals surface area contributed by atoms with E-state index >= 15 is 0 Å². The van der Waals surface area contributed by atoms with Crippen molar-refractivity contribution in [1.82, 2.24) is 0 Å². The van der Waals surface area contributed by atoms with Crippen LogP contribution in [-0.4, -0.2) is 10.7 Å². The Kier molecular flexibility index (Phi) is 4.70. The minimum Gasteiger partial charge on any atom is -0.390 e. The Morgan fingerprint density at radius 1 is 0.840 bits per heavy atom. The molecule has 0 atom stereocenters. The van der Waals surface area contributed by atoms with E-state index in [1.807, 2.05) is 48.5 Å². The smallest absolute Gasteiger partial charge is 0.0991 e. The van der Waals surface area contributed by atoms with Crippen LogP contribution >= 0.6 is 0 Å². The summed E-state index contributed by atoms with van der Waals surface area (Å²) in [6.07, 6.45) is 0.487. The standard InChI is InChI=1S/C23H21NO/c1-23(2,25)15-19-14-17(16-24)12-13-21(19)22-11-7-6-10-20(22)18-8-4-3-5-9-18/h3-14,25H,15H2,1-2H3. The van der Waals surface area contributed by atoms with E-state index in [0.717, 1.165) is 27.8 Å². The highest BCUT2D eigenvalue weighted by molar-refractivity contribution is 5.85. The SMILES string of the molecule is CC(C)(O)Cc1cc(C#N)ccc1-c1ccccc1-c1ccccc1. The molecule has 1 N–H and O–H groups in total. The fourth-order valence-corrected chi connectivity index (χ4v) is 3.13. The highest BCUT2D eigenvalue weighted by Gasteiger charge is 2.18. The van der Waals surface area contributed by atoms with Gasteiger partial charge in [-0.3, -0.25) is 0 Å². The number of benzene rings is 3. The van der Waals surface area contributed by atoms with E-state index in [1.165, 1.54) is 0 Å². The van der Waals surface area contributed by atoms with Gasteiger partial charge in [0.1, 0.15) is 0 Å². The van der Waals surface area contributed by atoms with Gasteiger partial charge in [-0.25, -0.2) is 0 Å². The molecule has 2 heteroatoms. The number of hydrogen-bond acceptors (Lipinski definition) is 2. The third-order valence-electron chi connectivity index (χ3n) is 4.16. The summed E-state index contributed by atoms with van der Waals surface area (Å²) in [5.41, 5.74) is 5.21. The van der Waals surface area contributed by atoms with Gasteiger partial charge in [0, 0.05) is 6.42 Å². The average Bonchev–Trinajstić information content (AvgIpc) is 2.61. The molecule has 0 spiro atoms. The lowest BCUT2D eigenvalue weighted by atomic mass is 9.87. The molecule has 2 nitrogen and oxygen atoms in total. The van der Waals surface area contributed by atoms with Gasteiger partial charge in [0.05, 0.1) is 17.2 Å². The maximum atomic E-state index is 10.3. The van der Waals surface area contributed by atoms with Crippen LogP contribution in [0.2, 0.25) is 0 Å². The molecule has 25 heavy (non-hydrogen) atoms. The van der Waals surface area contributed by atoms with Crippen LogP contribution in [0.15, 0.2) is 72.8 Å². The Bertz CT molecular complexity index is 915. The number of aliphatic hydroxyl groups is 1. The van der Waals surface area contributed by atoms with Crippen molar-refractivity contribution in [1.29, 1.82) is 5.26 Å². The van der Waals surface area contributed by atoms with Gasteiger partial charge >= 0.3 is 0 Å². The minimum atomic E-state index is -0.843. The van der Waals surface area contributed by atoms with E-state index < -0.39 is 5.60 Å². The average molecular weight is 327 g/mol. The molecule has 0 amide bonds. The maximum Gasteiger partial charge on any atom is 0.0991 e. The third kappa shape index (κ3) is 3.96. The van der Waals surface area contributed by atoms with E-state index in [-0.39, 0.29) is 0 Å². The van der Waals surface area contributed by atoms with E-state index in [2.05, 4.69) is 30.3 Å². The number of nitrogens with zero attached hydrogens (tertiary/aromatic N) is 1. The number of rotatable bonds is 4. The van der Waals surface area contributed by atoms with E-state index in [1.54, 1.807) is 13.8 Å². The van der Waals surface area contributed by atoms with Crippen molar-refractivity contribution in [2.75, 3.05) is 0 Å². The molecule has 0 fully saturated rings. The largest absolute Gasteiger partial charge is 0.390 e. The molecule has 124 valence electrons. The lowest BCUT2D eigenvalue weighted by Gasteiger charge is -2.21. The third-order valence-corrected chi connectivity index (χ3v) is 4.16. The van der Waals surface area contributed by atoms with Gasteiger partial charge in [0.15, 0.2) is 0 Å². The van der Waals surface area contributed by atoms with Crippen LogP contribution in [0.5, 0.6) is 0 Å². The summed E-state index contributed by atoms with van der Waals surface area (Å²) in [5, 5.41) is 19.6. The van der Waals surface area contributed by atoms with Gasteiger partial charge in [0.25, 0.3) is 0 Å². The normalized spacial score (nSPS) is 11.1. The Morgan fingerprint density at radius 2 is 1.48 bits per heavy atom. The number of hydrogen-bond donors (Lipinski definition) is 1. The second kappa shape index (κ2) is 6.93. The lowest BCUT2D eigenvalue weighted by molar-refractivity contribution is 0.0811. The highest BCUT2D eigenvalue weighted by atomic mass is 16.3. The molecular weight excluding hydrogens is 306 g/mol. The summed E-state index contributed by atoms with van der Waals surface area (Å²) in [6.45, 7) is 3.58. The molecule has 0 aliphatic rings. The first-order valence-electron chi connectivity index (χ1n) is 8.38. The van der Waals surface area contributed by atoms with Gasteiger partial charge in [-0.05, 0) is 53.8 Å². The number of nitriles is 1. The predicted molar refractivity (Wildman–Crippen MR) is 102 cm³/mol. The summed E-state index contributed by atoms with van der Waals surface area (Å²) in [7, 11) is 0. The molecule has 3 rings (SSSR count). The van der Waals surface area contributed by atoms with Gasteiger partial charge in [-0.2, -0.15) is 5.26 Å². The summed E-state index contributed by atoms with van der Waals surface area (Å²) < 4.78 is 0. The molecule has 0 aliphatic heterocycles. The van der Waals surface area contributed by atoms with Crippen molar-refractivity contribution in [3.8, 4) is 28.3 Å². The maximum absolute atomic E-state index is 10.3. The molecule has 0 bridgehead atoms. The second-order valence-electron chi connectivity index (χ2n) is 6.88. The molecule has 0 aromatic heterocycles. The Hall–Kier alpha value is -2.89. The molecule has 0 heterocycles. The first-order chi connectivity index (χ1) is 12.0. The van der Waals surface area contributed by atoms with Crippen molar-refractivity contribution in [2.45, 2.75) is 25.9 Å². The fourth-order valence-electron chi connectivity index (χ4n) is 3.13. The Labute approximate surface area is 149 Å². The molecule has 3 aromatic carbocycles. The summed E-state index contributed by atoms with van der Waals surface area (Å²) in [6, 6.07) is 26.4. The first kappa shape index (κ1) is 17.0. The minimum absolute atomic E-state index is 0.487. The fraction of sp³-hybridized carbons (Fsp3) is 0.174. The Morgan fingerprint density at radius 3 is 2.12 bits per heavy atom. The topological polar surface area (TPSA) is 44.0 Å². The zero-order chi connectivity index (χ0) is 17.9. The van der Waals surface area contributed by atoms with Crippen LogP contribution in [0.3, 0.4) is 0 Å². The molecule has 0 unspecified atom stereocenters.